The molecule has 19 heavy (non-hydrogen) atoms. The average Bonchev–Trinajstić information content (AvgIpc) is 2.38. The van der Waals surface area contributed by atoms with Gasteiger partial charge in [0.15, 0.2) is 0 Å². The van der Waals surface area contributed by atoms with Crippen LogP contribution in [-0.4, -0.2) is 60.4 Å². The molecule has 0 saturated carbocycles. The van der Waals surface area contributed by atoms with Crippen molar-refractivity contribution in [2.24, 2.45) is 0 Å². The van der Waals surface area contributed by atoms with Gasteiger partial charge in [-0.25, -0.2) is 0 Å². The van der Waals surface area contributed by atoms with E-state index in [1.165, 1.54) is 0 Å². The highest BCUT2D eigenvalue weighted by Gasteiger charge is 2.23. The number of nitrogens with one attached hydrogen (secondary N) is 1. The highest BCUT2D eigenvalue weighted by molar-refractivity contribution is 5.85. The number of nitrogens with zero attached hydrogens (tertiary/aromatic N) is 2. The predicted molar refractivity (Wildman–Crippen MR) is 78.5 cm³/mol. The molecule has 0 unspecified atom stereocenters. The summed E-state index contributed by atoms with van der Waals surface area (Å²) in [5.41, 5.74) is 0. The van der Waals surface area contributed by atoms with Crippen molar-refractivity contribution in [3.8, 4) is 0 Å². The lowest BCUT2D eigenvalue weighted by atomic mass is 10.1. The summed E-state index contributed by atoms with van der Waals surface area (Å²) in [5.74, 6) is 0.181. The van der Waals surface area contributed by atoms with Crippen molar-refractivity contribution < 1.29 is 9.59 Å². The zero-order valence-corrected chi connectivity index (χ0v) is 13.0. The Labute approximate surface area is 122 Å². The lowest BCUT2D eigenvalue weighted by molar-refractivity contribution is -0.138. The Bertz CT molecular complexity index is 296. The van der Waals surface area contributed by atoms with Crippen LogP contribution in [0.25, 0.3) is 0 Å². The maximum absolute atomic E-state index is 12.0. The van der Waals surface area contributed by atoms with Crippen LogP contribution < -0.4 is 5.32 Å². The molecule has 1 heterocycles. The van der Waals surface area contributed by atoms with Crippen molar-refractivity contribution in [2.45, 2.75) is 39.7 Å². The monoisotopic (exact) mass is 291 g/mol. The Morgan fingerprint density at radius 1 is 1.26 bits per heavy atom. The molecule has 1 atom stereocenters. The molecule has 1 saturated heterocycles. The Hall–Kier alpha value is -0.810. The Kier molecular flexibility index (Phi) is 8.76. The largest absolute Gasteiger partial charge is 0.343 e. The van der Waals surface area contributed by atoms with E-state index in [0.29, 0.717) is 25.9 Å². The molecule has 0 aromatic rings. The van der Waals surface area contributed by atoms with E-state index in [4.69, 9.17) is 0 Å². The molecule has 0 radical (unpaired) electrons. The highest BCUT2D eigenvalue weighted by Crippen LogP contribution is 2.07. The Morgan fingerprint density at radius 2 is 1.89 bits per heavy atom. The van der Waals surface area contributed by atoms with Crippen molar-refractivity contribution >= 4 is 24.2 Å². The molecule has 1 N–H and O–H groups in total. The zero-order chi connectivity index (χ0) is 13.5. The number of amides is 2. The molecule has 1 aliphatic rings. The van der Waals surface area contributed by atoms with Crippen LogP contribution in [0.4, 0.5) is 0 Å². The number of rotatable bonds is 5. The molecule has 6 heteroatoms. The lowest BCUT2D eigenvalue weighted by Crippen LogP contribution is -2.52. The van der Waals surface area contributed by atoms with E-state index in [1.807, 2.05) is 25.7 Å². The molecule has 0 aromatic heterocycles. The highest BCUT2D eigenvalue weighted by atomic mass is 35.5. The second-order valence-electron chi connectivity index (χ2n) is 4.71. The SMILES string of the molecule is CCN(CC)C(=O)CCC(=O)N1CCNC[C@H]1C.Cl. The molecule has 112 valence electrons. The second kappa shape index (κ2) is 9.15. The van der Waals surface area contributed by atoms with Gasteiger partial charge in [-0.15, -0.1) is 12.4 Å². The summed E-state index contributed by atoms with van der Waals surface area (Å²) >= 11 is 0. The fourth-order valence-electron chi connectivity index (χ4n) is 2.30. The van der Waals surface area contributed by atoms with E-state index in [9.17, 15) is 9.59 Å². The average molecular weight is 292 g/mol. The van der Waals surface area contributed by atoms with Crippen LogP contribution >= 0.6 is 12.4 Å². The van der Waals surface area contributed by atoms with Crippen LogP contribution in [0, 0.1) is 0 Å². The van der Waals surface area contributed by atoms with Gasteiger partial charge in [-0.2, -0.15) is 0 Å². The fourth-order valence-corrected chi connectivity index (χ4v) is 2.30. The Balaban J connectivity index is 0.00000324. The number of carbonyl (C=O) groups is 2. The number of halogens is 1. The first-order chi connectivity index (χ1) is 8.60. The van der Waals surface area contributed by atoms with E-state index >= 15 is 0 Å². The minimum absolute atomic E-state index is 0. The van der Waals surface area contributed by atoms with Crippen LogP contribution in [0.5, 0.6) is 0 Å². The number of piperazine rings is 1. The van der Waals surface area contributed by atoms with Gasteiger partial charge in [0.05, 0.1) is 0 Å². The van der Waals surface area contributed by atoms with Crippen LogP contribution in [0.3, 0.4) is 0 Å². The molecule has 5 nitrogen and oxygen atoms in total. The van der Waals surface area contributed by atoms with Gasteiger partial charge in [0.1, 0.15) is 0 Å². The van der Waals surface area contributed by atoms with Crippen molar-refractivity contribution in [2.75, 3.05) is 32.7 Å². The van der Waals surface area contributed by atoms with Gasteiger partial charge >= 0.3 is 0 Å². The molecule has 0 spiro atoms. The lowest BCUT2D eigenvalue weighted by Gasteiger charge is -2.34. The molecule has 1 aliphatic heterocycles. The number of carbonyl (C=O) groups excluding carboxylic acids is 2. The molecule has 2 amide bonds. The smallest absolute Gasteiger partial charge is 0.223 e. The molecular formula is C13H26ClN3O2. The molecule has 1 fully saturated rings. The minimum atomic E-state index is 0. The fraction of sp³-hybridized carbons (Fsp3) is 0.846. The minimum Gasteiger partial charge on any atom is -0.343 e. The van der Waals surface area contributed by atoms with E-state index in [0.717, 1.165) is 19.6 Å². The first kappa shape index (κ1) is 18.2. The van der Waals surface area contributed by atoms with Crippen molar-refractivity contribution in [3.05, 3.63) is 0 Å². The third-order valence-corrected chi connectivity index (χ3v) is 3.49. The van der Waals surface area contributed by atoms with E-state index in [2.05, 4.69) is 5.32 Å². The van der Waals surface area contributed by atoms with E-state index in [1.54, 1.807) is 4.90 Å². The van der Waals surface area contributed by atoms with Gasteiger partial charge in [0.25, 0.3) is 0 Å². The summed E-state index contributed by atoms with van der Waals surface area (Å²) in [7, 11) is 0. The summed E-state index contributed by atoms with van der Waals surface area (Å²) in [4.78, 5) is 27.5. The third kappa shape index (κ3) is 5.37. The quantitative estimate of drug-likeness (QED) is 0.818. The standard InChI is InChI=1S/C13H25N3O2.ClH/c1-4-15(5-2)12(17)6-7-13(18)16-9-8-14-10-11(16)3;/h11,14H,4-10H2,1-3H3;1H/t11-;/m1./s1. The predicted octanol–water partition coefficient (Wildman–Crippen LogP) is 0.877. The van der Waals surface area contributed by atoms with Gasteiger partial charge in [0.2, 0.25) is 11.8 Å². The summed E-state index contributed by atoms with van der Waals surface area (Å²) in [6.07, 6.45) is 0.664. The van der Waals surface area contributed by atoms with Crippen LogP contribution in [-0.2, 0) is 9.59 Å². The van der Waals surface area contributed by atoms with Gasteiger partial charge in [-0.1, -0.05) is 0 Å². The molecule has 1 rings (SSSR count). The molecule has 0 aliphatic carbocycles. The molecular weight excluding hydrogens is 266 g/mol. The Morgan fingerprint density at radius 3 is 2.42 bits per heavy atom. The first-order valence-corrected chi connectivity index (χ1v) is 6.88. The maximum Gasteiger partial charge on any atom is 0.223 e. The van der Waals surface area contributed by atoms with Gasteiger partial charge in [0, 0.05) is 51.6 Å². The van der Waals surface area contributed by atoms with Crippen LogP contribution in [0.15, 0.2) is 0 Å². The summed E-state index contributed by atoms with van der Waals surface area (Å²) < 4.78 is 0. The number of hydrogen-bond donors (Lipinski definition) is 1. The van der Waals surface area contributed by atoms with Crippen molar-refractivity contribution in [1.29, 1.82) is 0 Å². The molecule has 0 bridgehead atoms. The van der Waals surface area contributed by atoms with Crippen LogP contribution in [0.2, 0.25) is 0 Å². The molecule has 0 aromatic carbocycles. The first-order valence-electron chi connectivity index (χ1n) is 6.88. The third-order valence-electron chi connectivity index (χ3n) is 3.49. The van der Waals surface area contributed by atoms with Crippen molar-refractivity contribution in [1.82, 2.24) is 15.1 Å². The normalized spacial score (nSPS) is 18.7. The number of hydrogen-bond acceptors (Lipinski definition) is 3. The van der Waals surface area contributed by atoms with E-state index < -0.39 is 0 Å². The van der Waals surface area contributed by atoms with E-state index in [-0.39, 0.29) is 30.3 Å². The van der Waals surface area contributed by atoms with Crippen molar-refractivity contribution in [3.63, 3.8) is 0 Å². The summed E-state index contributed by atoms with van der Waals surface area (Å²) in [6.45, 7) is 9.83. The van der Waals surface area contributed by atoms with Gasteiger partial charge < -0.3 is 15.1 Å². The maximum atomic E-state index is 12.0. The van der Waals surface area contributed by atoms with Gasteiger partial charge in [-0.05, 0) is 20.8 Å². The zero-order valence-electron chi connectivity index (χ0n) is 12.1. The van der Waals surface area contributed by atoms with Gasteiger partial charge in [-0.3, -0.25) is 9.59 Å². The summed E-state index contributed by atoms with van der Waals surface area (Å²) in [5, 5.41) is 3.25. The summed E-state index contributed by atoms with van der Waals surface area (Å²) in [6, 6.07) is 0.231. The second-order valence-corrected chi connectivity index (χ2v) is 4.71. The van der Waals surface area contributed by atoms with Crippen LogP contribution in [0.1, 0.15) is 33.6 Å². The topological polar surface area (TPSA) is 52.7 Å².